The fourth-order valence-corrected chi connectivity index (χ4v) is 9.24. The highest BCUT2D eigenvalue weighted by atomic mass is 35.5. The van der Waals surface area contributed by atoms with Gasteiger partial charge in [0.2, 0.25) is 11.8 Å². The number of ether oxygens (including phenoxy) is 1. The average molecular weight is 931 g/mol. The topological polar surface area (TPSA) is 180 Å². The lowest BCUT2D eigenvalue weighted by atomic mass is 9.91. The Morgan fingerprint density at radius 3 is 2.47 bits per heavy atom. The van der Waals surface area contributed by atoms with Crippen LogP contribution in [0.4, 0.5) is 5.69 Å². The van der Waals surface area contributed by atoms with E-state index in [1.54, 1.807) is 45.2 Å². The van der Waals surface area contributed by atoms with Gasteiger partial charge in [-0.2, -0.15) is 10.4 Å². The molecule has 1 aliphatic rings. The first kappa shape index (κ1) is 47.5. The van der Waals surface area contributed by atoms with Crippen LogP contribution in [0.2, 0.25) is 5.02 Å². The predicted molar refractivity (Wildman–Crippen MR) is 256 cm³/mol. The van der Waals surface area contributed by atoms with Gasteiger partial charge in [0.25, 0.3) is 5.91 Å². The van der Waals surface area contributed by atoms with Gasteiger partial charge in [0, 0.05) is 42.1 Å². The third-order valence-electron chi connectivity index (χ3n) is 11.8. The van der Waals surface area contributed by atoms with Crippen molar-refractivity contribution in [2.24, 2.45) is 5.92 Å². The van der Waals surface area contributed by atoms with Gasteiger partial charge in [-0.1, -0.05) is 60.9 Å². The number of hydrogen-bond donors (Lipinski definition) is 3. The van der Waals surface area contributed by atoms with Crippen LogP contribution in [-0.4, -0.2) is 74.3 Å². The van der Waals surface area contributed by atoms with Crippen molar-refractivity contribution in [2.45, 2.75) is 97.3 Å². The number of anilines is 1. The second kappa shape index (κ2) is 22.1. The molecule has 3 N–H and O–H groups in total. The first-order valence-electron chi connectivity index (χ1n) is 22.5. The fourth-order valence-electron chi connectivity index (χ4n) is 8.21. The van der Waals surface area contributed by atoms with Crippen molar-refractivity contribution in [1.82, 2.24) is 35.5 Å². The Hall–Kier alpha value is -6.50. The second-order valence-electron chi connectivity index (χ2n) is 17.1. The lowest BCUT2D eigenvalue weighted by Crippen LogP contribution is -2.48. The molecule has 6 aromatic rings. The molecule has 0 aliphatic carbocycles. The van der Waals surface area contributed by atoms with Crippen LogP contribution in [0, 0.1) is 24.2 Å². The molecule has 1 saturated heterocycles. The van der Waals surface area contributed by atoms with Crippen molar-refractivity contribution in [3.8, 4) is 33.5 Å². The van der Waals surface area contributed by atoms with E-state index in [2.05, 4.69) is 49.4 Å². The summed E-state index contributed by atoms with van der Waals surface area (Å²) in [5, 5.41) is 27.8. The number of amides is 3. The molecule has 0 bridgehead atoms. The van der Waals surface area contributed by atoms with Gasteiger partial charge in [-0.25, -0.2) is 4.98 Å². The summed E-state index contributed by atoms with van der Waals surface area (Å²) in [6.07, 6.45) is 7.28. The summed E-state index contributed by atoms with van der Waals surface area (Å²) in [6.45, 7) is 12.0. The molecule has 4 heterocycles. The monoisotopic (exact) mass is 929 g/mol. The van der Waals surface area contributed by atoms with E-state index in [-0.39, 0.29) is 35.7 Å². The number of nitrogens with one attached hydrogen (secondary N) is 3. The molecule has 0 saturated carbocycles. The molecule has 1 aliphatic heterocycles. The summed E-state index contributed by atoms with van der Waals surface area (Å²) >= 11 is 7.81. The molecule has 66 heavy (non-hydrogen) atoms. The molecule has 3 amide bonds. The van der Waals surface area contributed by atoms with Crippen LogP contribution in [0.25, 0.3) is 21.7 Å². The molecule has 3 aromatic heterocycles. The number of hydrogen-bond acceptors (Lipinski definition) is 11. The third-order valence-corrected chi connectivity index (χ3v) is 13.1. The number of aryl methyl sites for hydroxylation is 1. The van der Waals surface area contributed by atoms with E-state index in [0.717, 1.165) is 70.9 Å². The zero-order valence-corrected chi connectivity index (χ0v) is 39.5. The number of carbonyl (C=O) groups is 3. The van der Waals surface area contributed by atoms with Crippen LogP contribution in [0.3, 0.4) is 0 Å². The summed E-state index contributed by atoms with van der Waals surface area (Å²) in [4.78, 5) is 48.1. The van der Waals surface area contributed by atoms with Crippen molar-refractivity contribution in [3.63, 3.8) is 0 Å². The van der Waals surface area contributed by atoms with E-state index in [1.165, 1.54) is 6.20 Å². The third kappa shape index (κ3) is 11.7. The van der Waals surface area contributed by atoms with Crippen molar-refractivity contribution in [1.29, 1.82) is 5.26 Å². The minimum Gasteiger partial charge on any atom is -0.488 e. The highest BCUT2D eigenvalue weighted by Gasteiger charge is 2.41. The van der Waals surface area contributed by atoms with Gasteiger partial charge in [-0.3, -0.25) is 19.1 Å². The van der Waals surface area contributed by atoms with Crippen molar-refractivity contribution < 1.29 is 23.6 Å². The number of benzene rings is 3. The molecule has 16 heteroatoms. The van der Waals surface area contributed by atoms with Crippen molar-refractivity contribution in [2.75, 3.05) is 25.0 Å². The maximum absolute atomic E-state index is 14.2. The Kier molecular flexibility index (Phi) is 15.9. The minimum absolute atomic E-state index is 0.125. The molecule has 3 aromatic carbocycles. The van der Waals surface area contributed by atoms with Crippen molar-refractivity contribution in [3.05, 3.63) is 124 Å². The Morgan fingerprint density at radius 2 is 1.76 bits per heavy atom. The van der Waals surface area contributed by atoms with Crippen LogP contribution < -0.4 is 20.7 Å². The number of halogens is 1. The molecule has 2 unspecified atom stereocenters. The molecule has 1 fully saturated rings. The van der Waals surface area contributed by atoms with Crippen LogP contribution in [0.5, 0.6) is 5.75 Å². The summed E-state index contributed by atoms with van der Waals surface area (Å²) in [5.74, 6) is -0.444. The second-order valence-corrected chi connectivity index (χ2v) is 18.4. The van der Waals surface area contributed by atoms with Crippen LogP contribution in [-0.2, 0) is 16.1 Å². The molecule has 4 atom stereocenters. The molecule has 14 nitrogen and oxygen atoms in total. The van der Waals surface area contributed by atoms with E-state index in [0.29, 0.717) is 53.8 Å². The quantitative estimate of drug-likeness (QED) is 0.0624. The Labute approximate surface area is 394 Å². The highest BCUT2D eigenvalue weighted by Crippen LogP contribution is 2.36. The summed E-state index contributed by atoms with van der Waals surface area (Å²) in [7, 11) is 0. The Bertz CT molecular complexity index is 2630. The predicted octanol–water partition coefficient (Wildman–Crippen LogP) is 9.58. The Balaban J connectivity index is 0.819. The van der Waals surface area contributed by atoms with E-state index in [4.69, 9.17) is 26.1 Å². The van der Waals surface area contributed by atoms with Gasteiger partial charge in [0.05, 0.1) is 51.6 Å². The number of carbonyl (C=O) groups excluding carboxylic acids is 3. The maximum atomic E-state index is 14.2. The van der Waals surface area contributed by atoms with E-state index in [1.807, 2.05) is 82.7 Å². The molecule has 7 rings (SSSR count). The lowest BCUT2D eigenvalue weighted by molar-refractivity contribution is -0.141. The zero-order chi connectivity index (χ0) is 46.7. The maximum Gasteiger partial charge on any atom is 0.251 e. The highest BCUT2D eigenvalue weighted by molar-refractivity contribution is 7.13. The summed E-state index contributed by atoms with van der Waals surface area (Å²) in [6, 6.07) is 23.7. The molecular formula is C50H56ClN9O5S. The SMILES string of the molecule is Cc1ncsc1-c1ccc([C@H](C)NC(=O)C2CCCN2C(=O)C(c2oncc2OCCCCCNc2ccc(C(=O)N[C@@H](C)Cn3ccc(-c4ccc(C#N)c(Cl)c4)n3)cc2)C(C)C)cc1. The number of aromatic nitrogens is 4. The van der Waals surface area contributed by atoms with E-state index in [9.17, 15) is 14.4 Å². The minimum atomic E-state index is -0.653. The van der Waals surface area contributed by atoms with Crippen LogP contribution in [0.1, 0.15) is 105 Å². The van der Waals surface area contributed by atoms with Gasteiger partial charge in [-0.15, -0.1) is 11.3 Å². The average Bonchev–Trinajstić information content (AvgIpc) is 4.15. The molecule has 344 valence electrons. The number of unbranched alkanes of at least 4 members (excludes halogenated alkanes) is 2. The smallest absolute Gasteiger partial charge is 0.251 e. The van der Waals surface area contributed by atoms with Gasteiger partial charge in [-0.05, 0) is 112 Å². The first-order valence-corrected chi connectivity index (χ1v) is 23.7. The number of nitriles is 1. The normalized spacial score (nSPS) is 14.9. The van der Waals surface area contributed by atoms with Gasteiger partial charge < -0.3 is 30.1 Å². The number of rotatable bonds is 20. The lowest BCUT2D eigenvalue weighted by Gasteiger charge is -2.30. The van der Waals surface area contributed by atoms with E-state index < -0.39 is 12.0 Å². The van der Waals surface area contributed by atoms with Crippen LogP contribution >= 0.6 is 22.9 Å². The summed E-state index contributed by atoms with van der Waals surface area (Å²) < 4.78 is 13.6. The van der Waals surface area contributed by atoms with Crippen molar-refractivity contribution >= 4 is 46.3 Å². The number of nitrogens with zero attached hydrogens (tertiary/aromatic N) is 6. The fraction of sp³-hybridized carbons (Fsp3) is 0.380. The van der Waals surface area contributed by atoms with Crippen LogP contribution in [0.15, 0.2) is 95.2 Å². The largest absolute Gasteiger partial charge is 0.488 e. The zero-order valence-electron chi connectivity index (χ0n) is 37.9. The number of likely N-dealkylation sites (tertiary alicyclic amines) is 1. The molecule has 0 radical (unpaired) electrons. The number of thiazole rings is 1. The molecule has 0 spiro atoms. The standard InChI is InChI=1S/C50H56ClN9O5S/c1-31(2)45(50(63)60-23-9-10-43(60)49(62)57-33(4)35-11-13-36(14-12-35)47-34(5)54-30-66-47)46-44(28-55-65-46)64-25-8-6-7-22-53-40-19-17-37(18-20-40)48(61)56-32(3)29-59-24-21-42(58-59)38-15-16-39(27-52)41(51)26-38/h11-21,24,26,28,30-33,43,45,53H,6-10,22-23,25,29H2,1-5H3,(H,56,61)(H,57,62)/t32-,33-,43?,45?/m0/s1. The Morgan fingerprint density at radius 1 is 0.985 bits per heavy atom. The summed E-state index contributed by atoms with van der Waals surface area (Å²) in [5.41, 5.74) is 8.34. The van der Waals surface area contributed by atoms with Gasteiger partial charge >= 0.3 is 0 Å². The van der Waals surface area contributed by atoms with Gasteiger partial charge in [0.15, 0.2) is 11.5 Å². The first-order chi connectivity index (χ1) is 31.9. The van der Waals surface area contributed by atoms with Gasteiger partial charge in [0.1, 0.15) is 24.2 Å². The molecular weight excluding hydrogens is 874 g/mol. The van der Waals surface area contributed by atoms with E-state index >= 15 is 0 Å².